The number of halogens is 2. The molecule has 0 saturated carbocycles. The summed E-state index contributed by atoms with van der Waals surface area (Å²) in [6.45, 7) is 0.853. The molecule has 1 aromatic heterocycles. The molecule has 2 aromatic carbocycles. The van der Waals surface area contributed by atoms with Crippen LogP contribution in [0.4, 0.5) is 4.39 Å². The minimum Gasteiger partial charge on any atom is -0.493 e. The van der Waals surface area contributed by atoms with Gasteiger partial charge in [-0.2, -0.15) is 4.31 Å². The molecule has 0 bridgehead atoms. The Balaban J connectivity index is 1.59. The molecule has 1 aliphatic rings. The predicted octanol–water partition coefficient (Wildman–Crippen LogP) is 3.70. The van der Waals surface area contributed by atoms with Crippen molar-refractivity contribution in [1.29, 1.82) is 0 Å². The number of nitrogens with zero attached hydrogens (tertiary/aromatic N) is 3. The first kappa shape index (κ1) is 20.8. The summed E-state index contributed by atoms with van der Waals surface area (Å²) in [5, 5.41) is 0.577. The first-order valence-corrected chi connectivity index (χ1v) is 11.3. The summed E-state index contributed by atoms with van der Waals surface area (Å²) in [4.78, 5) is 4.01. The Hall–Kier alpha value is -2.42. The zero-order chi connectivity index (χ0) is 21.3. The first-order valence-electron chi connectivity index (χ1n) is 9.45. The van der Waals surface area contributed by atoms with Crippen LogP contribution in [0.25, 0.3) is 0 Å². The summed E-state index contributed by atoms with van der Waals surface area (Å²) in [5.41, 5.74) is 0.870. The van der Waals surface area contributed by atoms with Gasteiger partial charge in [0.2, 0.25) is 0 Å². The molecule has 4 rings (SSSR count). The van der Waals surface area contributed by atoms with Crippen molar-refractivity contribution in [2.45, 2.75) is 10.9 Å². The Morgan fingerprint density at radius 2 is 1.97 bits per heavy atom. The molecule has 30 heavy (non-hydrogen) atoms. The monoisotopic (exact) mass is 449 g/mol. The second kappa shape index (κ2) is 8.37. The largest absolute Gasteiger partial charge is 0.493 e. The molecule has 0 radical (unpaired) electrons. The van der Waals surface area contributed by atoms with E-state index in [4.69, 9.17) is 16.3 Å². The fourth-order valence-corrected chi connectivity index (χ4v) is 5.37. The van der Waals surface area contributed by atoms with Gasteiger partial charge in [-0.05, 0) is 35.9 Å². The van der Waals surface area contributed by atoms with E-state index in [1.54, 1.807) is 48.0 Å². The number of sulfonamides is 1. The van der Waals surface area contributed by atoms with E-state index in [2.05, 4.69) is 4.98 Å². The Kier molecular flexibility index (Phi) is 5.81. The maximum Gasteiger partial charge on any atom is 0.262 e. The number of aryl methyl sites for hydroxylation is 1. The van der Waals surface area contributed by atoms with E-state index in [-0.39, 0.29) is 35.8 Å². The smallest absolute Gasteiger partial charge is 0.262 e. The van der Waals surface area contributed by atoms with Crippen molar-refractivity contribution in [2.24, 2.45) is 13.0 Å². The van der Waals surface area contributed by atoms with E-state index in [0.29, 0.717) is 17.4 Å². The van der Waals surface area contributed by atoms with E-state index >= 15 is 0 Å². The molecule has 0 unspecified atom stereocenters. The molecule has 0 N–H and O–H groups in total. The van der Waals surface area contributed by atoms with Crippen molar-refractivity contribution >= 4 is 21.6 Å². The highest BCUT2D eigenvalue weighted by Gasteiger charge is 2.41. The average molecular weight is 450 g/mol. The maximum atomic E-state index is 13.4. The van der Waals surface area contributed by atoms with Gasteiger partial charge in [0.05, 0.1) is 12.9 Å². The SMILES string of the molecule is Cn1cnc(S(=O)(=O)N2C[C@H](COc3cccc(Cl)c3)[C@@H](c3ccc(F)cc3)C2)c1. The van der Waals surface area contributed by atoms with Gasteiger partial charge in [0.25, 0.3) is 10.0 Å². The number of hydrogen-bond acceptors (Lipinski definition) is 4. The molecule has 3 aromatic rings. The Morgan fingerprint density at radius 1 is 1.20 bits per heavy atom. The van der Waals surface area contributed by atoms with Crippen LogP contribution in [0.5, 0.6) is 5.75 Å². The van der Waals surface area contributed by atoms with Gasteiger partial charge in [-0.15, -0.1) is 0 Å². The van der Waals surface area contributed by atoms with E-state index in [9.17, 15) is 12.8 Å². The Morgan fingerprint density at radius 3 is 2.63 bits per heavy atom. The van der Waals surface area contributed by atoms with Gasteiger partial charge < -0.3 is 9.30 Å². The fraction of sp³-hybridized carbons (Fsp3) is 0.286. The molecular weight excluding hydrogens is 429 g/mol. The van der Waals surface area contributed by atoms with Gasteiger partial charge in [0.15, 0.2) is 5.03 Å². The van der Waals surface area contributed by atoms with Crippen LogP contribution in [0.3, 0.4) is 0 Å². The third-order valence-electron chi connectivity index (χ3n) is 5.25. The van der Waals surface area contributed by atoms with Crippen molar-refractivity contribution < 1.29 is 17.5 Å². The third-order valence-corrected chi connectivity index (χ3v) is 7.20. The van der Waals surface area contributed by atoms with Gasteiger partial charge in [-0.3, -0.25) is 0 Å². The number of aromatic nitrogens is 2. The number of benzene rings is 2. The van der Waals surface area contributed by atoms with Crippen molar-refractivity contribution in [3.05, 3.63) is 77.5 Å². The number of imidazole rings is 1. The van der Waals surface area contributed by atoms with Crippen LogP contribution < -0.4 is 4.74 Å². The van der Waals surface area contributed by atoms with E-state index in [0.717, 1.165) is 5.56 Å². The van der Waals surface area contributed by atoms with Crippen molar-refractivity contribution in [1.82, 2.24) is 13.9 Å². The average Bonchev–Trinajstić information content (AvgIpc) is 3.34. The molecule has 2 atom stereocenters. The lowest BCUT2D eigenvalue weighted by molar-refractivity contribution is 0.244. The topological polar surface area (TPSA) is 64.4 Å². The van der Waals surface area contributed by atoms with Crippen molar-refractivity contribution in [2.75, 3.05) is 19.7 Å². The molecule has 2 heterocycles. The van der Waals surface area contributed by atoms with E-state index in [1.807, 2.05) is 0 Å². The lowest BCUT2D eigenvalue weighted by atomic mass is 9.89. The highest BCUT2D eigenvalue weighted by atomic mass is 35.5. The zero-order valence-corrected chi connectivity index (χ0v) is 17.9. The quantitative estimate of drug-likeness (QED) is 0.575. The number of hydrogen-bond donors (Lipinski definition) is 0. The second-order valence-corrected chi connectivity index (χ2v) is 9.71. The van der Waals surface area contributed by atoms with Crippen LogP contribution in [0.1, 0.15) is 11.5 Å². The molecule has 0 aliphatic carbocycles. The third kappa shape index (κ3) is 4.35. The molecule has 1 aliphatic heterocycles. The Bertz CT molecular complexity index is 1130. The van der Waals surface area contributed by atoms with Crippen LogP contribution in [-0.4, -0.2) is 42.0 Å². The van der Waals surface area contributed by atoms with Crippen LogP contribution in [0.2, 0.25) is 5.02 Å². The van der Waals surface area contributed by atoms with E-state index < -0.39 is 10.0 Å². The molecule has 1 fully saturated rings. The van der Waals surface area contributed by atoms with Crippen molar-refractivity contribution in [3.8, 4) is 5.75 Å². The number of ether oxygens (including phenoxy) is 1. The minimum atomic E-state index is -3.74. The van der Waals surface area contributed by atoms with Crippen LogP contribution >= 0.6 is 11.6 Å². The van der Waals surface area contributed by atoms with Gasteiger partial charge in [-0.1, -0.05) is 29.8 Å². The number of rotatable bonds is 6. The van der Waals surface area contributed by atoms with Crippen LogP contribution in [0, 0.1) is 11.7 Å². The molecule has 6 nitrogen and oxygen atoms in total. The zero-order valence-electron chi connectivity index (χ0n) is 16.3. The molecule has 1 saturated heterocycles. The normalized spacial score (nSPS) is 19.8. The van der Waals surface area contributed by atoms with Crippen LogP contribution in [0.15, 0.2) is 66.1 Å². The molecule has 158 valence electrons. The van der Waals surface area contributed by atoms with Crippen LogP contribution in [-0.2, 0) is 17.1 Å². The van der Waals surface area contributed by atoms with Gasteiger partial charge >= 0.3 is 0 Å². The summed E-state index contributed by atoms with van der Waals surface area (Å²) in [5.74, 6) is 0.0315. The Labute approximate surface area is 179 Å². The first-order chi connectivity index (χ1) is 14.3. The second-order valence-electron chi connectivity index (χ2n) is 7.39. The highest BCUT2D eigenvalue weighted by Crippen LogP contribution is 2.36. The highest BCUT2D eigenvalue weighted by molar-refractivity contribution is 7.89. The fourth-order valence-electron chi connectivity index (χ4n) is 3.70. The summed E-state index contributed by atoms with van der Waals surface area (Å²) >= 11 is 6.02. The summed E-state index contributed by atoms with van der Waals surface area (Å²) in [7, 11) is -2.02. The van der Waals surface area contributed by atoms with Gasteiger partial charge in [-0.25, -0.2) is 17.8 Å². The van der Waals surface area contributed by atoms with Gasteiger partial charge in [0.1, 0.15) is 11.6 Å². The predicted molar refractivity (Wildman–Crippen MR) is 112 cm³/mol. The van der Waals surface area contributed by atoms with Crippen molar-refractivity contribution in [3.63, 3.8) is 0 Å². The molecule has 0 amide bonds. The molecule has 0 spiro atoms. The van der Waals surface area contributed by atoms with Gasteiger partial charge in [0, 0.05) is 43.2 Å². The minimum absolute atomic E-state index is 0.0132. The summed E-state index contributed by atoms with van der Waals surface area (Å²) in [6.07, 6.45) is 2.94. The molecule has 9 heteroatoms. The molecular formula is C21H21ClFN3O3S. The lowest BCUT2D eigenvalue weighted by Crippen LogP contribution is -2.30. The summed E-state index contributed by atoms with van der Waals surface area (Å²) < 4.78 is 48.5. The standard InChI is InChI=1S/C21H21ClFN3O3S/c1-25-12-21(24-14-25)30(27,28)26-10-16(13-29-19-4-2-3-17(22)9-19)20(11-26)15-5-7-18(23)8-6-15/h2-9,12,14,16,20H,10-11,13H2,1H3/t16-,20-/m1/s1. The maximum absolute atomic E-state index is 13.4. The van der Waals surface area contributed by atoms with E-state index in [1.165, 1.54) is 29.0 Å². The summed E-state index contributed by atoms with van der Waals surface area (Å²) in [6, 6.07) is 13.2. The lowest BCUT2D eigenvalue weighted by Gasteiger charge is -2.19.